The normalized spacial score (nSPS) is 14.6. The summed E-state index contributed by atoms with van der Waals surface area (Å²) in [5, 5.41) is 1.22. The van der Waals surface area contributed by atoms with Gasteiger partial charge in [-0.3, -0.25) is 4.79 Å². The number of fused-ring (bicyclic) bond motifs is 1. The van der Waals surface area contributed by atoms with Crippen LogP contribution >= 0.6 is 0 Å². The molecule has 1 saturated heterocycles. The van der Waals surface area contributed by atoms with Crippen molar-refractivity contribution in [3.63, 3.8) is 0 Å². The molecule has 1 aliphatic rings. The Balaban J connectivity index is 1.23. The van der Waals surface area contributed by atoms with Gasteiger partial charge in [-0.05, 0) is 73.2 Å². The summed E-state index contributed by atoms with van der Waals surface area (Å²) < 4.78 is 16.3. The van der Waals surface area contributed by atoms with Gasteiger partial charge in [-0.15, -0.1) is 0 Å². The zero-order valence-electron chi connectivity index (χ0n) is 18.2. The molecule has 0 aliphatic carbocycles. The van der Waals surface area contributed by atoms with Gasteiger partial charge >= 0.3 is 0 Å². The second kappa shape index (κ2) is 9.77. The number of nitrogens with one attached hydrogen (secondary N) is 1. The van der Waals surface area contributed by atoms with E-state index >= 15 is 0 Å². The molecule has 0 spiro atoms. The Morgan fingerprint density at radius 2 is 1.68 bits per heavy atom. The Morgan fingerprint density at radius 1 is 1.00 bits per heavy atom. The second-order valence-corrected chi connectivity index (χ2v) is 7.94. The van der Waals surface area contributed by atoms with Gasteiger partial charge in [0.15, 0.2) is 0 Å². The fraction of sp³-hybridized carbons (Fsp3) is 0.400. The minimum atomic E-state index is 0.220. The van der Waals surface area contributed by atoms with Crippen LogP contribution in [0.5, 0.6) is 17.2 Å². The van der Waals surface area contributed by atoms with E-state index < -0.39 is 0 Å². The van der Waals surface area contributed by atoms with Crippen molar-refractivity contribution < 1.29 is 19.0 Å². The predicted octanol–water partition coefficient (Wildman–Crippen LogP) is 4.75. The Bertz CT molecular complexity index is 1000. The Labute approximate surface area is 183 Å². The lowest BCUT2D eigenvalue weighted by atomic mass is 9.89. The number of nitrogens with zero attached hydrogens (tertiary/aromatic N) is 1. The van der Waals surface area contributed by atoms with Gasteiger partial charge in [0.25, 0.3) is 0 Å². The number of aromatic amines is 1. The molecule has 1 aromatic heterocycles. The predicted molar refractivity (Wildman–Crippen MR) is 121 cm³/mol. The molecule has 1 fully saturated rings. The minimum Gasteiger partial charge on any atom is -0.497 e. The monoisotopic (exact) mass is 422 g/mol. The second-order valence-electron chi connectivity index (χ2n) is 7.94. The van der Waals surface area contributed by atoms with Crippen molar-refractivity contribution in [3.8, 4) is 17.2 Å². The van der Waals surface area contributed by atoms with Gasteiger partial charge in [-0.1, -0.05) is 0 Å². The van der Waals surface area contributed by atoms with Crippen LogP contribution in [0.4, 0.5) is 0 Å². The fourth-order valence-corrected chi connectivity index (χ4v) is 4.27. The summed E-state index contributed by atoms with van der Waals surface area (Å²) in [6, 6.07) is 13.6. The number of carbonyl (C=O) groups excluding carboxylic acids is 1. The van der Waals surface area contributed by atoms with Gasteiger partial charge in [0, 0.05) is 36.6 Å². The third kappa shape index (κ3) is 4.95. The topological polar surface area (TPSA) is 63.8 Å². The van der Waals surface area contributed by atoms with Gasteiger partial charge in [0.1, 0.15) is 17.2 Å². The first-order valence-corrected chi connectivity index (χ1v) is 10.9. The summed E-state index contributed by atoms with van der Waals surface area (Å²) in [7, 11) is 3.33. The average molecular weight is 423 g/mol. The molecule has 2 aromatic carbocycles. The lowest BCUT2D eigenvalue weighted by Gasteiger charge is -2.32. The zero-order chi connectivity index (χ0) is 21.6. The van der Waals surface area contributed by atoms with E-state index in [2.05, 4.69) is 23.3 Å². The maximum Gasteiger partial charge on any atom is 0.222 e. The molecule has 0 atom stereocenters. The van der Waals surface area contributed by atoms with E-state index in [-0.39, 0.29) is 5.91 Å². The number of aromatic nitrogens is 1. The highest BCUT2D eigenvalue weighted by Crippen LogP contribution is 2.34. The molecule has 0 radical (unpaired) electrons. The highest BCUT2D eigenvalue weighted by atomic mass is 16.5. The molecule has 0 bridgehead atoms. The van der Waals surface area contributed by atoms with E-state index in [1.54, 1.807) is 14.2 Å². The Kier molecular flexibility index (Phi) is 6.65. The van der Waals surface area contributed by atoms with Crippen molar-refractivity contribution in [2.75, 3.05) is 33.9 Å². The first kappa shape index (κ1) is 21.1. The summed E-state index contributed by atoms with van der Waals surface area (Å²) in [5.74, 6) is 3.15. The summed E-state index contributed by atoms with van der Waals surface area (Å²) >= 11 is 0. The van der Waals surface area contributed by atoms with Crippen LogP contribution in [0, 0.1) is 0 Å². The number of methoxy groups -OCH3 is 2. The SMILES string of the molecule is COc1ccc(OCCCC(=O)N2CCC(c3c[nH]c4ccc(OC)cc34)CC2)cc1. The first-order chi connectivity index (χ1) is 15.2. The van der Waals surface area contributed by atoms with Gasteiger partial charge in [0.05, 0.1) is 20.8 Å². The van der Waals surface area contributed by atoms with Gasteiger partial charge in [-0.2, -0.15) is 0 Å². The standard InChI is InChI=1S/C25H30N2O4/c1-29-19-5-7-20(8-6-19)31-15-3-4-25(28)27-13-11-18(12-14-27)23-17-26-24-10-9-21(30-2)16-22(23)24/h5-10,16-18,26H,3-4,11-15H2,1-2H3. The lowest BCUT2D eigenvalue weighted by Crippen LogP contribution is -2.37. The first-order valence-electron chi connectivity index (χ1n) is 10.9. The van der Waals surface area contributed by atoms with Crippen LogP contribution in [0.3, 0.4) is 0 Å². The van der Waals surface area contributed by atoms with Gasteiger partial charge in [0.2, 0.25) is 5.91 Å². The molecular formula is C25H30N2O4. The lowest BCUT2D eigenvalue weighted by molar-refractivity contribution is -0.132. The molecule has 4 rings (SSSR count). The number of H-pyrrole nitrogens is 1. The van der Waals surface area contributed by atoms with Crippen LogP contribution in [-0.4, -0.2) is 49.7 Å². The minimum absolute atomic E-state index is 0.220. The molecule has 1 N–H and O–H groups in total. The highest BCUT2D eigenvalue weighted by Gasteiger charge is 2.25. The van der Waals surface area contributed by atoms with E-state index in [1.165, 1.54) is 10.9 Å². The van der Waals surface area contributed by atoms with E-state index in [4.69, 9.17) is 14.2 Å². The quantitative estimate of drug-likeness (QED) is 0.532. The number of benzene rings is 2. The smallest absolute Gasteiger partial charge is 0.222 e. The van der Waals surface area contributed by atoms with Crippen molar-refractivity contribution in [1.82, 2.24) is 9.88 Å². The van der Waals surface area contributed by atoms with Gasteiger partial charge in [-0.25, -0.2) is 0 Å². The number of amides is 1. The van der Waals surface area contributed by atoms with E-state index in [9.17, 15) is 4.79 Å². The van der Waals surface area contributed by atoms with Crippen molar-refractivity contribution in [2.24, 2.45) is 0 Å². The summed E-state index contributed by atoms with van der Waals surface area (Å²) in [6.45, 7) is 2.14. The Morgan fingerprint density at radius 3 is 2.39 bits per heavy atom. The molecule has 1 amide bonds. The summed E-state index contributed by atoms with van der Waals surface area (Å²) in [4.78, 5) is 18.0. The molecule has 0 saturated carbocycles. The molecule has 3 aromatic rings. The van der Waals surface area contributed by atoms with Crippen LogP contribution in [0.2, 0.25) is 0 Å². The molecule has 6 nitrogen and oxygen atoms in total. The van der Waals surface area contributed by atoms with Crippen molar-refractivity contribution >= 4 is 16.8 Å². The third-order valence-corrected chi connectivity index (χ3v) is 6.07. The number of rotatable bonds is 8. The maximum atomic E-state index is 12.6. The van der Waals surface area contributed by atoms with Crippen molar-refractivity contribution in [2.45, 2.75) is 31.6 Å². The van der Waals surface area contributed by atoms with E-state index in [1.807, 2.05) is 35.2 Å². The number of hydrogen-bond donors (Lipinski definition) is 1. The zero-order valence-corrected chi connectivity index (χ0v) is 18.2. The van der Waals surface area contributed by atoms with Crippen LogP contribution in [-0.2, 0) is 4.79 Å². The maximum absolute atomic E-state index is 12.6. The highest BCUT2D eigenvalue weighted by molar-refractivity contribution is 5.85. The van der Waals surface area contributed by atoms with Crippen LogP contribution in [0.25, 0.3) is 10.9 Å². The molecule has 0 unspecified atom stereocenters. The number of likely N-dealkylation sites (tertiary alicyclic amines) is 1. The molecule has 1 aliphatic heterocycles. The summed E-state index contributed by atoms with van der Waals surface area (Å²) in [5.41, 5.74) is 2.46. The van der Waals surface area contributed by atoms with Crippen LogP contribution < -0.4 is 14.2 Å². The van der Waals surface area contributed by atoms with Crippen molar-refractivity contribution in [3.05, 3.63) is 54.2 Å². The molecular weight excluding hydrogens is 392 g/mol. The molecule has 31 heavy (non-hydrogen) atoms. The number of carbonyl (C=O) groups is 1. The van der Waals surface area contributed by atoms with Crippen molar-refractivity contribution in [1.29, 1.82) is 0 Å². The largest absolute Gasteiger partial charge is 0.497 e. The summed E-state index contributed by atoms with van der Waals surface area (Å²) in [6.07, 6.45) is 5.32. The van der Waals surface area contributed by atoms with E-state index in [0.29, 0.717) is 25.4 Å². The van der Waals surface area contributed by atoms with Crippen LogP contribution in [0.15, 0.2) is 48.7 Å². The molecule has 164 valence electrons. The van der Waals surface area contributed by atoms with Crippen LogP contribution in [0.1, 0.15) is 37.2 Å². The molecule has 2 heterocycles. The van der Waals surface area contributed by atoms with Gasteiger partial charge < -0.3 is 24.1 Å². The Hall–Kier alpha value is -3.15. The number of ether oxygens (including phenoxy) is 3. The number of piperidine rings is 1. The average Bonchev–Trinajstić information content (AvgIpc) is 3.25. The fourth-order valence-electron chi connectivity index (χ4n) is 4.27. The molecule has 6 heteroatoms. The van der Waals surface area contributed by atoms with E-state index in [0.717, 1.165) is 48.7 Å². The number of hydrogen-bond acceptors (Lipinski definition) is 4. The third-order valence-electron chi connectivity index (χ3n) is 6.07.